The molecule has 0 aromatic carbocycles. The summed E-state index contributed by atoms with van der Waals surface area (Å²) in [5.74, 6) is 0. The van der Waals surface area contributed by atoms with Crippen molar-refractivity contribution in [1.29, 1.82) is 0 Å². The van der Waals surface area contributed by atoms with Crippen LogP contribution in [0.25, 0.3) is 0 Å². The van der Waals surface area contributed by atoms with E-state index in [1.54, 1.807) is 0 Å². The lowest BCUT2D eigenvalue weighted by atomic mass is 10.0. The zero-order valence-electron chi connectivity index (χ0n) is 13.6. The first-order valence-electron chi connectivity index (χ1n) is 7.92. The Kier molecular flexibility index (Phi) is 6.14. The number of nitrogens with one attached hydrogen (secondary N) is 1. The molecule has 1 saturated heterocycles. The zero-order chi connectivity index (χ0) is 15.2. The van der Waals surface area contributed by atoms with Crippen molar-refractivity contribution in [3.8, 4) is 0 Å². The molecule has 2 rings (SSSR count). The molecule has 120 valence electrons. The van der Waals surface area contributed by atoms with Crippen LogP contribution in [-0.2, 0) is 22.6 Å². The molecule has 0 amide bonds. The first-order valence-corrected chi connectivity index (χ1v) is 7.92. The van der Waals surface area contributed by atoms with Crippen LogP contribution in [0.5, 0.6) is 0 Å². The fourth-order valence-corrected chi connectivity index (χ4v) is 2.63. The van der Waals surface area contributed by atoms with Crippen LogP contribution in [0.1, 0.15) is 46.2 Å². The van der Waals surface area contributed by atoms with E-state index in [1.807, 2.05) is 10.9 Å². The van der Waals surface area contributed by atoms with Crippen molar-refractivity contribution < 1.29 is 9.47 Å². The van der Waals surface area contributed by atoms with Crippen molar-refractivity contribution >= 4 is 0 Å². The van der Waals surface area contributed by atoms with E-state index in [1.165, 1.54) is 0 Å². The second-order valence-electron chi connectivity index (χ2n) is 6.23. The van der Waals surface area contributed by atoms with E-state index in [0.29, 0.717) is 31.0 Å². The van der Waals surface area contributed by atoms with E-state index in [4.69, 9.17) is 9.47 Å². The lowest BCUT2D eigenvalue weighted by Crippen LogP contribution is -2.34. The summed E-state index contributed by atoms with van der Waals surface area (Å²) in [5, 5.41) is 11.6. The Hall–Kier alpha value is -0.980. The maximum absolute atomic E-state index is 5.95. The van der Waals surface area contributed by atoms with Crippen LogP contribution < -0.4 is 5.32 Å². The maximum Gasteiger partial charge on any atom is 0.0964 e. The minimum absolute atomic E-state index is 0.291. The van der Waals surface area contributed by atoms with E-state index in [2.05, 4.69) is 43.3 Å². The van der Waals surface area contributed by atoms with Gasteiger partial charge >= 0.3 is 0 Å². The molecule has 1 N–H and O–H groups in total. The van der Waals surface area contributed by atoms with Gasteiger partial charge in [0, 0.05) is 18.8 Å². The predicted octanol–water partition coefficient (Wildman–Crippen LogP) is 1.75. The van der Waals surface area contributed by atoms with Crippen molar-refractivity contribution in [2.24, 2.45) is 0 Å². The third-order valence-corrected chi connectivity index (χ3v) is 3.61. The van der Waals surface area contributed by atoms with Gasteiger partial charge in [0.1, 0.15) is 0 Å². The molecule has 0 bridgehead atoms. The van der Waals surface area contributed by atoms with Gasteiger partial charge < -0.3 is 14.8 Å². The molecular formula is C15H28N4O2. The highest BCUT2D eigenvalue weighted by atomic mass is 16.5. The molecule has 1 fully saturated rings. The lowest BCUT2D eigenvalue weighted by Gasteiger charge is -2.31. The highest BCUT2D eigenvalue weighted by Crippen LogP contribution is 2.21. The van der Waals surface area contributed by atoms with Crippen molar-refractivity contribution in [2.75, 3.05) is 6.61 Å². The Morgan fingerprint density at radius 3 is 2.76 bits per heavy atom. The first-order chi connectivity index (χ1) is 10.0. The molecule has 21 heavy (non-hydrogen) atoms. The molecule has 2 unspecified atom stereocenters. The van der Waals surface area contributed by atoms with E-state index in [9.17, 15) is 0 Å². The molecule has 1 aromatic rings. The van der Waals surface area contributed by atoms with Gasteiger partial charge in [0.2, 0.25) is 0 Å². The van der Waals surface area contributed by atoms with Gasteiger partial charge in [0.25, 0.3) is 0 Å². The SMILES string of the molecule is CC(C)NCc1cn(CCOC2CC(C)OC(C)C2)nn1. The Morgan fingerprint density at radius 2 is 2.10 bits per heavy atom. The average Bonchev–Trinajstić information content (AvgIpc) is 2.83. The average molecular weight is 296 g/mol. The lowest BCUT2D eigenvalue weighted by molar-refractivity contribution is -0.103. The number of hydrogen-bond donors (Lipinski definition) is 1. The zero-order valence-corrected chi connectivity index (χ0v) is 13.6. The van der Waals surface area contributed by atoms with Crippen LogP contribution in [0, 0.1) is 0 Å². The third-order valence-electron chi connectivity index (χ3n) is 3.61. The fourth-order valence-electron chi connectivity index (χ4n) is 2.63. The first kappa shape index (κ1) is 16.4. The molecule has 0 spiro atoms. The monoisotopic (exact) mass is 296 g/mol. The van der Waals surface area contributed by atoms with E-state index in [-0.39, 0.29) is 0 Å². The summed E-state index contributed by atoms with van der Waals surface area (Å²) in [6.07, 6.45) is 4.82. The molecule has 1 aliphatic heterocycles. The minimum atomic E-state index is 0.291. The number of rotatable bonds is 7. The molecule has 1 aromatic heterocycles. The molecule has 6 heteroatoms. The summed E-state index contributed by atoms with van der Waals surface area (Å²) in [7, 11) is 0. The third kappa shape index (κ3) is 5.73. The van der Waals surface area contributed by atoms with Gasteiger partial charge in [0.15, 0.2) is 0 Å². The number of ether oxygens (including phenoxy) is 2. The van der Waals surface area contributed by atoms with Crippen LogP contribution in [0.3, 0.4) is 0 Å². The standard InChI is InChI=1S/C15H28N4O2/c1-11(2)16-9-14-10-19(18-17-14)5-6-20-15-7-12(3)21-13(4)8-15/h10-13,15-16H,5-9H2,1-4H3. The summed E-state index contributed by atoms with van der Waals surface area (Å²) in [6, 6.07) is 0.455. The number of aromatic nitrogens is 3. The fraction of sp³-hybridized carbons (Fsp3) is 0.867. The predicted molar refractivity (Wildman–Crippen MR) is 81.0 cm³/mol. The number of hydrogen-bond acceptors (Lipinski definition) is 5. The molecule has 0 saturated carbocycles. The van der Waals surface area contributed by atoms with Crippen LogP contribution in [0.15, 0.2) is 6.20 Å². The quantitative estimate of drug-likeness (QED) is 0.830. The van der Waals surface area contributed by atoms with Crippen molar-refractivity contribution in [3.63, 3.8) is 0 Å². The Morgan fingerprint density at radius 1 is 1.38 bits per heavy atom. The molecular weight excluding hydrogens is 268 g/mol. The second-order valence-corrected chi connectivity index (χ2v) is 6.23. The largest absolute Gasteiger partial charge is 0.376 e. The molecule has 2 heterocycles. The summed E-state index contributed by atoms with van der Waals surface area (Å²) in [5.41, 5.74) is 0.969. The van der Waals surface area contributed by atoms with Crippen molar-refractivity contribution in [1.82, 2.24) is 20.3 Å². The minimum Gasteiger partial charge on any atom is -0.376 e. The highest BCUT2D eigenvalue weighted by molar-refractivity contribution is 4.91. The van der Waals surface area contributed by atoms with E-state index >= 15 is 0 Å². The Labute approximate surface area is 127 Å². The van der Waals surface area contributed by atoms with Gasteiger partial charge in [-0.2, -0.15) is 0 Å². The van der Waals surface area contributed by atoms with Crippen LogP contribution in [-0.4, -0.2) is 46.0 Å². The van der Waals surface area contributed by atoms with Gasteiger partial charge in [-0.25, -0.2) is 4.68 Å². The van der Waals surface area contributed by atoms with Crippen molar-refractivity contribution in [3.05, 3.63) is 11.9 Å². The van der Waals surface area contributed by atoms with Gasteiger partial charge in [-0.15, -0.1) is 5.10 Å². The molecule has 2 atom stereocenters. The highest BCUT2D eigenvalue weighted by Gasteiger charge is 2.24. The summed E-state index contributed by atoms with van der Waals surface area (Å²) in [6.45, 7) is 10.6. The van der Waals surface area contributed by atoms with Gasteiger partial charge in [0.05, 0.1) is 37.2 Å². The van der Waals surface area contributed by atoms with Gasteiger partial charge in [-0.3, -0.25) is 0 Å². The summed E-state index contributed by atoms with van der Waals surface area (Å²) in [4.78, 5) is 0. The Balaban J connectivity index is 1.68. The molecule has 6 nitrogen and oxygen atoms in total. The Bertz CT molecular complexity index is 412. The topological polar surface area (TPSA) is 61.2 Å². The summed E-state index contributed by atoms with van der Waals surface area (Å²) < 4.78 is 13.5. The van der Waals surface area contributed by atoms with Crippen molar-refractivity contribution in [2.45, 2.75) is 78.0 Å². The smallest absolute Gasteiger partial charge is 0.0964 e. The molecule has 0 aliphatic carbocycles. The maximum atomic E-state index is 5.95. The van der Waals surface area contributed by atoms with Gasteiger partial charge in [-0.1, -0.05) is 19.1 Å². The number of nitrogens with zero attached hydrogens (tertiary/aromatic N) is 3. The second kappa shape index (κ2) is 7.87. The van der Waals surface area contributed by atoms with Crippen LogP contribution >= 0.6 is 0 Å². The van der Waals surface area contributed by atoms with Crippen LogP contribution in [0.4, 0.5) is 0 Å². The van der Waals surface area contributed by atoms with Crippen LogP contribution in [0.2, 0.25) is 0 Å². The van der Waals surface area contributed by atoms with E-state index in [0.717, 1.165) is 31.6 Å². The summed E-state index contributed by atoms with van der Waals surface area (Å²) >= 11 is 0. The molecule has 0 radical (unpaired) electrons. The van der Waals surface area contributed by atoms with Gasteiger partial charge in [-0.05, 0) is 26.7 Å². The normalized spacial score (nSPS) is 26.4. The van der Waals surface area contributed by atoms with E-state index < -0.39 is 0 Å². The molecule has 1 aliphatic rings.